The molecule has 7 rings (SSSR count). The van der Waals surface area contributed by atoms with Crippen molar-refractivity contribution in [2.24, 2.45) is 17.8 Å². The van der Waals surface area contributed by atoms with Crippen molar-refractivity contribution >= 4 is 63.6 Å². The molecule has 0 radical (unpaired) electrons. The van der Waals surface area contributed by atoms with Gasteiger partial charge in [0.15, 0.2) is 16.7 Å². The first-order valence-corrected chi connectivity index (χ1v) is 29.5. The molecule has 4 aliphatic heterocycles. The molecule has 2 aromatic carbocycles. The second-order valence-corrected chi connectivity index (χ2v) is 25.9. The largest absolute Gasteiger partial charge is 0.448 e. The summed E-state index contributed by atoms with van der Waals surface area (Å²) < 4.78 is 36.8. The molecule has 0 unspecified atom stereocenters. The Bertz CT molecular complexity index is 2410. The summed E-state index contributed by atoms with van der Waals surface area (Å²) in [6, 6.07) is 17.9. The number of aliphatic hydroxyl groups excluding tert-OH is 3. The van der Waals surface area contributed by atoms with Crippen LogP contribution in [0.1, 0.15) is 92.9 Å². The lowest BCUT2D eigenvalue weighted by molar-refractivity contribution is -0.317. The van der Waals surface area contributed by atoms with Gasteiger partial charge >= 0.3 is 5.97 Å². The van der Waals surface area contributed by atoms with Gasteiger partial charge in [0.2, 0.25) is 5.91 Å². The first kappa shape index (κ1) is 61.0. The van der Waals surface area contributed by atoms with Crippen LogP contribution in [0.5, 0.6) is 0 Å². The fourth-order valence-corrected chi connectivity index (χ4v) is 14.4. The maximum Gasteiger partial charge on any atom is 0.312 e. The number of thiophene rings is 1. The summed E-state index contributed by atoms with van der Waals surface area (Å²) in [6.45, 7) is 16.7. The first-order valence-electron chi connectivity index (χ1n) is 26.6. The smallest absolute Gasteiger partial charge is 0.312 e. The van der Waals surface area contributed by atoms with Crippen molar-refractivity contribution < 1.29 is 63.5 Å². The Morgan fingerprint density at radius 1 is 0.921 bits per heavy atom. The van der Waals surface area contributed by atoms with E-state index in [1.54, 1.807) is 70.7 Å². The van der Waals surface area contributed by atoms with E-state index >= 15 is 0 Å². The number of likely N-dealkylation sites (N-methyl/N-ethyl adjacent to an activating group) is 1. The molecule has 3 fully saturated rings. The van der Waals surface area contributed by atoms with Crippen molar-refractivity contribution in [2.45, 2.75) is 186 Å². The second kappa shape index (κ2) is 25.5. The quantitative estimate of drug-likeness (QED) is 0.0270. The number of esters is 1. The summed E-state index contributed by atoms with van der Waals surface area (Å²) in [4.78, 5) is 36.3. The Hall–Kier alpha value is -2.58. The number of hydrogen-bond acceptors (Lipinski definition) is 17. The minimum atomic E-state index is -1.95. The Morgan fingerprint density at radius 2 is 1.58 bits per heavy atom. The molecule has 3 aromatic rings. The van der Waals surface area contributed by atoms with E-state index in [9.17, 15) is 35.1 Å². The predicted octanol–water partition coefficient (Wildman–Crippen LogP) is 7.33. The zero-order chi connectivity index (χ0) is 55.6. The number of carbonyl (C=O) groups is 2. The van der Waals surface area contributed by atoms with Gasteiger partial charge in [-0.2, -0.15) is 0 Å². The summed E-state index contributed by atoms with van der Waals surface area (Å²) in [5.74, 6) is -3.19. The van der Waals surface area contributed by atoms with Crippen LogP contribution in [-0.4, -0.2) is 176 Å². The summed E-state index contributed by atoms with van der Waals surface area (Å²) in [6.07, 6.45) is -4.27. The van der Waals surface area contributed by atoms with E-state index in [2.05, 4.69) is 53.8 Å². The van der Waals surface area contributed by atoms with Gasteiger partial charge in [-0.1, -0.05) is 62.0 Å². The van der Waals surface area contributed by atoms with Crippen molar-refractivity contribution in [3.8, 4) is 21.6 Å². The highest BCUT2D eigenvalue weighted by atomic mass is 127. The first-order chi connectivity index (χ1) is 35.8. The zero-order valence-electron chi connectivity index (χ0n) is 46.1. The standard InChI is InChI=1S/C57H82IN3O13S2/c1-31-28-55(7,67)51(73-53-46(63)41(60(10)11)26-32(2)70-53)33(3)47(72-45-29-56(8,69-12)50(65)36(6)71-45)34(4)52(66)74-54(58)57(9,68)49(64)35(5)61(30-31)25-17-24-59-44(62)23-22-37-27-40-38-18-13-15-20-42(38)76-43-21-16-14-19-39(43)48(40)75-37/h13-16,18-23,27,31-36,41,45-47,49-51,53-54,63-65,67-68H,17,24-26,28-30H2,1-12H3,(H,59,62)/b23-22+/t31-,32-,33+,34-,35-,36+,41+,45+,46-,47+,49-,50+,51-,53+,54+,55-,56-,57+/m1/s1. The van der Waals surface area contributed by atoms with Gasteiger partial charge in [0.05, 0.1) is 41.5 Å². The third-order valence-corrected chi connectivity index (χ3v) is 19.8. The van der Waals surface area contributed by atoms with Crippen LogP contribution < -0.4 is 5.32 Å². The normalized spacial score (nSPS) is 38.0. The number of benzene rings is 2. The Morgan fingerprint density at radius 3 is 2.25 bits per heavy atom. The summed E-state index contributed by atoms with van der Waals surface area (Å²) in [7, 11) is 5.26. The third-order valence-electron chi connectivity index (χ3n) is 16.0. The number of methoxy groups -OCH3 is 1. The summed E-state index contributed by atoms with van der Waals surface area (Å²) >= 11 is 5.25. The van der Waals surface area contributed by atoms with E-state index in [1.165, 1.54) is 29.4 Å². The van der Waals surface area contributed by atoms with Gasteiger partial charge in [0.1, 0.15) is 23.9 Å². The molecule has 1 amide bonds. The maximum absolute atomic E-state index is 14.5. The predicted molar refractivity (Wildman–Crippen MR) is 303 cm³/mol. The van der Waals surface area contributed by atoms with Gasteiger partial charge in [0.25, 0.3) is 0 Å². The van der Waals surface area contributed by atoms with Gasteiger partial charge in [-0.3, -0.25) is 14.5 Å². The van der Waals surface area contributed by atoms with Crippen molar-refractivity contribution in [3.05, 3.63) is 65.6 Å². The number of nitrogens with zero attached hydrogens (tertiary/aromatic N) is 2. The van der Waals surface area contributed by atoms with Crippen LogP contribution in [0, 0.1) is 17.8 Å². The number of carbonyl (C=O) groups excluding carboxylic acids is 2. The Balaban J connectivity index is 1.13. The van der Waals surface area contributed by atoms with E-state index in [0.717, 1.165) is 20.9 Å². The molecule has 0 saturated carbocycles. The lowest BCUT2D eigenvalue weighted by Crippen LogP contribution is -2.60. The molecule has 3 saturated heterocycles. The van der Waals surface area contributed by atoms with Crippen LogP contribution in [0.2, 0.25) is 0 Å². The average Bonchev–Trinajstić information content (AvgIpc) is 3.77. The number of alkyl halides is 1. The lowest BCUT2D eigenvalue weighted by atomic mass is 9.77. The van der Waals surface area contributed by atoms with Crippen LogP contribution in [-0.2, 0) is 38.0 Å². The monoisotopic (exact) mass is 1210 g/mol. The average molecular weight is 1210 g/mol. The van der Waals surface area contributed by atoms with Crippen LogP contribution in [0.25, 0.3) is 27.6 Å². The van der Waals surface area contributed by atoms with Gasteiger partial charge in [0, 0.05) is 87.9 Å². The topological polar surface area (TPSA) is 209 Å². The number of ether oxygens (including phenoxy) is 6. The van der Waals surface area contributed by atoms with Crippen molar-refractivity contribution in [1.82, 2.24) is 15.1 Å². The van der Waals surface area contributed by atoms with Gasteiger partial charge in [-0.25, -0.2) is 0 Å². The minimum absolute atomic E-state index is 0.0943. The van der Waals surface area contributed by atoms with E-state index < -0.39 is 94.0 Å². The van der Waals surface area contributed by atoms with Crippen LogP contribution in [0.4, 0.5) is 0 Å². The van der Waals surface area contributed by atoms with Gasteiger partial charge in [-0.05, 0) is 140 Å². The fraction of sp³-hybridized carbons (Fsp3) is 0.649. The molecular weight excluding hydrogens is 1130 g/mol. The fourth-order valence-electron chi connectivity index (χ4n) is 11.6. The Kier molecular flexibility index (Phi) is 20.5. The molecule has 0 bridgehead atoms. The molecule has 0 aliphatic carbocycles. The summed E-state index contributed by atoms with van der Waals surface area (Å²) in [5, 5.41) is 63.0. The summed E-state index contributed by atoms with van der Waals surface area (Å²) in [5.41, 5.74) is -1.23. The highest BCUT2D eigenvalue weighted by Crippen LogP contribution is 2.51. The number of halogens is 1. The number of cyclic esters (lactones) is 1. The van der Waals surface area contributed by atoms with E-state index in [1.807, 2.05) is 72.5 Å². The number of hydrogen-bond donors (Lipinski definition) is 6. The Labute approximate surface area is 471 Å². The molecule has 0 spiro atoms. The molecule has 76 heavy (non-hydrogen) atoms. The van der Waals surface area contributed by atoms with Gasteiger partial charge in [-0.15, -0.1) is 11.3 Å². The second-order valence-electron chi connectivity index (χ2n) is 22.6. The number of rotatable bonds is 12. The minimum Gasteiger partial charge on any atom is -0.448 e. The molecular formula is C57H82IN3O13S2. The molecule has 1 aromatic heterocycles. The van der Waals surface area contributed by atoms with Crippen LogP contribution in [0.15, 0.2) is 70.5 Å². The van der Waals surface area contributed by atoms with E-state index in [4.69, 9.17) is 28.4 Å². The molecule has 16 nitrogen and oxygen atoms in total. The van der Waals surface area contributed by atoms with Crippen LogP contribution in [0.3, 0.4) is 0 Å². The van der Waals surface area contributed by atoms with E-state index in [-0.39, 0.29) is 36.8 Å². The molecule has 5 heterocycles. The number of aliphatic hydroxyl groups is 5. The van der Waals surface area contributed by atoms with Crippen molar-refractivity contribution in [3.63, 3.8) is 0 Å². The number of nitrogens with one attached hydrogen (secondary N) is 1. The molecule has 6 N–H and O–H groups in total. The third kappa shape index (κ3) is 13.8. The van der Waals surface area contributed by atoms with E-state index in [0.29, 0.717) is 32.5 Å². The number of amides is 1. The maximum atomic E-state index is 14.5. The van der Waals surface area contributed by atoms with Gasteiger partial charge < -0.3 is 64.2 Å². The highest BCUT2D eigenvalue weighted by Gasteiger charge is 2.53. The molecule has 19 heteroatoms. The lowest BCUT2D eigenvalue weighted by Gasteiger charge is -2.48. The van der Waals surface area contributed by atoms with Crippen LogP contribution >= 0.6 is 45.7 Å². The SMILES string of the molecule is CO[C@]1(C)C[C@H](O[C@H]2[C@H](C)[C@@H](O[C@@H]3O[C@H](C)C[C@H](N(C)C)[C@H]3O)[C@](C)(O)C[C@@H](C)CN(CCCNC(=O)/C=C/c3cc4c(s3)-c3ccccc3Sc3ccccc3-4)[C@H](C)[C@@H](O)[C@](C)(O)[C@@H](I)OC(=O)[C@@H]2C)O[C@@H](C)[C@@H]1O. The highest BCUT2D eigenvalue weighted by molar-refractivity contribution is 14.1. The molecule has 422 valence electrons. The molecule has 4 aliphatic rings. The van der Waals surface area contributed by atoms with Crippen molar-refractivity contribution in [1.29, 1.82) is 0 Å². The zero-order valence-corrected chi connectivity index (χ0v) is 49.8. The van der Waals surface area contributed by atoms with Crippen molar-refractivity contribution in [2.75, 3.05) is 40.8 Å². The molecule has 18 atom stereocenters. The number of fused-ring (bicyclic) bond motifs is 5.